The van der Waals surface area contributed by atoms with Crippen molar-refractivity contribution in [1.82, 2.24) is 0 Å². The van der Waals surface area contributed by atoms with Gasteiger partial charge in [-0.15, -0.1) is 0 Å². The van der Waals surface area contributed by atoms with Gasteiger partial charge in [-0.2, -0.15) is 0 Å². The standard InChI is InChI=1S/C72H40/c1-5-13-53-49(9-1)57-25-17-41-34-66(57)54-14-6-2-10-50(54)58-26-18-42(33-65(53)58)46-22-30-62-64-32-24-47-39-71(64)69-37-45(41)21-29-61(69)63-31-23-48(40-72(63)70(62)38-46)44-20-28-60-51-11-3-7-15-55(51)67-35-43(47)19-27-59(67)52-12-4-8-16-56(52)68(60)36-44/h1-40H. The van der Waals surface area contributed by atoms with Crippen molar-refractivity contribution in [3.05, 3.63) is 243 Å². The Morgan fingerprint density at radius 3 is 0.361 bits per heavy atom. The third kappa shape index (κ3) is 5.25. The van der Waals surface area contributed by atoms with E-state index in [0.717, 1.165) is 0 Å². The summed E-state index contributed by atoms with van der Waals surface area (Å²) in [6.45, 7) is 0. The fraction of sp³-hybridized carbons (Fsp3) is 0. The Morgan fingerprint density at radius 1 is 0.0972 bits per heavy atom. The van der Waals surface area contributed by atoms with Crippen molar-refractivity contribution in [2.75, 3.05) is 0 Å². The van der Waals surface area contributed by atoms with Crippen LogP contribution in [-0.4, -0.2) is 0 Å². The monoisotopic (exact) mass is 904 g/mol. The minimum atomic E-state index is 1.19. The predicted octanol–water partition coefficient (Wildman–Crippen LogP) is 20.7. The third-order valence-corrected chi connectivity index (χ3v) is 16.7. The Morgan fingerprint density at radius 2 is 0.208 bits per heavy atom. The van der Waals surface area contributed by atoms with Gasteiger partial charge in [-0.3, -0.25) is 0 Å². The summed E-state index contributed by atoms with van der Waals surface area (Å²) in [5, 5.41) is 39.4. The van der Waals surface area contributed by atoms with Crippen LogP contribution in [-0.2, 0) is 0 Å². The van der Waals surface area contributed by atoms with Crippen LogP contribution in [0.15, 0.2) is 243 Å². The first-order chi connectivity index (χ1) is 35.7. The first kappa shape index (κ1) is 38.5. The highest BCUT2D eigenvalue weighted by atomic mass is 14.2. The van der Waals surface area contributed by atoms with Crippen molar-refractivity contribution in [3.63, 3.8) is 0 Å². The first-order valence-corrected chi connectivity index (χ1v) is 25.2. The Kier molecular flexibility index (Phi) is 7.55. The molecule has 0 heterocycles. The Bertz CT molecular complexity index is 4650. The zero-order chi connectivity index (χ0) is 46.8. The lowest BCUT2D eigenvalue weighted by Gasteiger charge is -2.14. The number of rotatable bonds is 0. The molecule has 0 atom stereocenters. The average molecular weight is 905 g/mol. The van der Waals surface area contributed by atoms with Crippen LogP contribution in [0.3, 0.4) is 0 Å². The quantitative estimate of drug-likeness (QED) is 0.142. The molecule has 0 radical (unpaired) electrons. The summed E-state index contributed by atoms with van der Waals surface area (Å²) in [7, 11) is 0. The molecule has 0 saturated heterocycles. The van der Waals surface area contributed by atoms with Gasteiger partial charge in [0.25, 0.3) is 0 Å². The van der Waals surface area contributed by atoms with Crippen LogP contribution in [0.2, 0.25) is 0 Å². The van der Waals surface area contributed by atoms with Crippen LogP contribution in [0.4, 0.5) is 0 Å². The largest absolute Gasteiger partial charge is 0.0616 e. The van der Waals surface area contributed by atoms with E-state index in [0.29, 0.717) is 0 Å². The summed E-state index contributed by atoms with van der Waals surface area (Å²) in [6, 6.07) is 93.9. The molecule has 0 nitrogen and oxygen atoms in total. The summed E-state index contributed by atoms with van der Waals surface area (Å²) in [6.07, 6.45) is 0. The second-order valence-electron chi connectivity index (χ2n) is 20.3. The molecule has 24 bridgehead atoms. The molecule has 0 N–H and O–H groups in total. The summed E-state index contributed by atoms with van der Waals surface area (Å²) in [5.74, 6) is 0. The maximum absolute atomic E-state index is 2.49. The van der Waals surface area contributed by atoms with Gasteiger partial charge in [0.2, 0.25) is 0 Å². The maximum atomic E-state index is 2.49. The molecular weight excluding hydrogens is 865 g/mol. The van der Waals surface area contributed by atoms with E-state index in [4.69, 9.17) is 0 Å². The highest BCUT2D eigenvalue weighted by Crippen LogP contribution is 2.44. The zero-order valence-electron chi connectivity index (χ0n) is 39.1. The van der Waals surface area contributed by atoms with Crippen LogP contribution < -0.4 is 0 Å². The predicted molar refractivity (Wildman–Crippen MR) is 315 cm³/mol. The smallest absolute Gasteiger partial charge is 0.00926 e. The summed E-state index contributed by atoms with van der Waals surface area (Å²) in [4.78, 5) is 0. The van der Waals surface area contributed by atoms with E-state index in [2.05, 4.69) is 243 Å². The van der Waals surface area contributed by atoms with Crippen molar-refractivity contribution in [3.8, 4) is 0 Å². The van der Waals surface area contributed by atoms with Crippen molar-refractivity contribution in [2.24, 2.45) is 0 Å². The second-order valence-corrected chi connectivity index (χ2v) is 20.3. The highest BCUT2D eigenvalue weighted by Gasteiger charge is 2.16. The van der Waals surface area contributed by atoms with Gasteiger partial charge in [0, 0.05) is 0 Å². The first-order valence-electron chi connectivity index (χ1n) is 25.2. The number of benzene rings is 12. The Balaban J connectivity index is 1.20. The molecule has 0 spiro atoms. The van der Waals surface area contributed by atoms with E-state index in [1.54, 1.807) is 0 Å². The van der Waals surface area contributed by atoms with Crippen LogP contribution in [0.1, 0.15) is 0 Å². The minimum absolute atomic E-state index is 1.19. The zero-order valence-corrected chi connectivity index (χ0v) is 39.1. The molecule has 33 aromatic carbocycles. The van der Waals surface area contributed by atoms with Gasteiger partial charge in [0.15, 0.2) is 0 Å². The average Bonchev–Trinajstić information content (AvgIpc) is 3.44. The SMILES string of the molecule is c1ccc2c(c1)c1ccc3cc1c1ccccc1c1ccc(cc21)c1ccc2c4ccc5cc4c4cc3ccc4c3ccc(cc3c2c1)c1ccc2c3ccccc3c3cc5ccc3c3ccccc3c2c1. The van der Waals surface area contributed by atoms with Crippen molar-refractivity contribution in [2.45, 2.75) is 0 Å². The summed E-state index contributed by atoms with van der Waals surface area (Å²) in [5.41, 5.74) is 0. The molecule has 0 aromatic heterocycles. The molecule has 33 aromatic rings. The molecule has 33 rings (SSSR count). The van der Waals surface area contributed by atoms with Crippen LogP contribution in [0, 0.1) is 0 Å². The van der Waals surface area contributed by atoms with E-state index in [1.807, 2.05) is 0 Å². The molecule has 328 valence electrons. The molecule has 0 saturated carbocycles. The topological polar surface area (TPSA) is 0 Å². The molecule has 0 fully saturated rings. The fourth-order valence-corrected chi connectivity index (χ4v) is 13.3. The van der Waals surface area contributed by atoms with E-state index in [-0.39, 0.29) is 0 Å². The van der Waals surface area contributed by atoms with Crippen LogP contribution >= 0.6 is 0 Å². The maximum Gasteiger partial charge on any atom is -0.00926 e. The Labute approximate surface area is 412 Å². The lowest BCUT2D eigenvalue weighted by Crippen LogP contribution is -1.86. The molecular formula is C72H40. The molecule has 0 aliphatic carbocycles. The van der Waals surface area contributed by atoms with Crippen molar-refractivity contribution >= 4 is 172 Å². The molecule has 72 heavy (non-hydrogen) atoms. The second kappa shape index (κ2) is 14.1. The molecule has 0 aliphatic heterocycles. The Hall–Kier alpha value is -9.36. The van der Waals surface area contributed by atoms with E-state index in [1.165, 1.54) is 172 Å². The third-order valence-electron chi connectivity index (χ3n) is 16.7. The highest BCUT2D eigenvalue weighted by molar-refractivity contribution is 6.32. The molecule has 0 amide bonds. The number of hydrogen-bond donors (Lipinski definition) is 0. The van der Waals surface area contributed by atoms with Gasteiger partial charge < -0.3 is 0 Å². The summed E-state index contributed by atoms with van der Waals surface area (Å²) < 4.78 is 0. The van der Waals surface area contributed by atoms with E-state index < -0.39 is 0 Å². The van der Waals surface area contributed by atoms with E-state index in [9.17, 15) is 0 Å². The molecule has 0 unspecified atom stereocenters. The lowest BCUT2D eigenvalue weighted by atomic mass is 9.89. The van der Waals surface area contributed by atoms with E-state index >= 15 is 0 Å². The van der Waals surface area contributed by atoms with Crippen molar-refractivity contribution < 1.29 is 0 Å². The van der Waals surface area contributed by atoms with Crippen LogP contribution in [0.5, 0.6) is 0 Å². The van der Waals surface area contributed by atoms with Gasteiger partial charge in [0.05, 0.1) is 0 Å². The van der Waals surface area contributed by atoms with Gasteiger partial charge >= 0.3 is 0 Å². The van der Waals surface area contributed by atoms with Crippen LogP contribution in [0.25, 0.3) is 172 Å². The molecule has 0 aliphatic rings. The fourth-order valence-electron chi connectivity index (χ4n) is 13.3. The van der Waals surface area contributed by atoms with Gasteiger partial charge in [-0.05, 0) is 221 Å². The molecule has 0 heteroatoms. The normalized spacial score (nSPS) is 12.4. The summed E-state index contributed by atoms with van der Waals surface area (Å²) >= 11 is 0. The number of hydrogen-bond acceptors (Lipinski definition) is 0. The lowest BCUT2D eigenvalue weighted by molar-refractivity contribution is 1.79. The van der Waals surface area contributed by atoms with Gasteiger partial charge in [-0.25, -0.2) is 0 Å². The van der Waals surface area contributed by atoms with Crippen molar-refractivity contribution in [1.29, 1.82) is 0 Å². The van der Waals surface area contributed by atoms with Gasteiger partial charge in [-0.1, -0.05) is 194 Å². The minimum Gasteiger partial charge on any atom is -0.0616 e. The van der Waals surface area contributed by atoms with Gasteiger partial charge in [0.1, 0.15) is 0 Å².